The first-order valence-electron chi connectivity index (χ1n) is 8.37. The van der Waals surface area contributed by atoms with Gasteiger partial charge in [-0.25, -0.2) is 14.4 Å². The summed E-state index contributed by atoms with van der Waals surface area (Å²) >= 11 is 6.10. The summed E-state index contributed by atoms with van der Waals surface area (Å²) in [6.45, 7) is 2.27. The fourth-order valence-corrected chi connectivity index (χ4v) is 2.69. The van der Waals surface area contributed by atoms with Crippen LogP contribution in [0.3, 0.4) is 0 Å². The van der Waals surface area contributed by atoms with Crippen molar-refractivity contribution in [2.24, 2.45) is 0 Å². The number of carbonyl (C=O) groups excluding carboxylic acids is 1. The molecule has 0 aliphatic carbocycles. The van der Waals surface area contributed by atoms with Gasteiger partial charge in [0.15, 0.2) is 0 Å². The average molecular weight is 385 g/mol. The number of hydrogen-bond acceptors (Lipinski definition) is 4. The van der Waals surface area contributed by atoms with Crippen molar-refractivity contribution in [2.75, 3.05) is 5.32 Å². The van der Waals surface area contributed by atoms with E-state index in [1.165, 1.54) is 6.07 Å². The number of nitrogens with zero attached hydrogens (tertiary/aromatic N) is 2. The third-order valence-corrected chi connectivity index (χ3v) is 4.25. The average Bonchev–Trinajstić information content (AvgIpc) is 2.66. The third-order valence-electron chi connectivity index (χ3n) is 3.88. The van der Waals surface area contributed by atoms with Crippen LogP contribution in [0.5, 0.6) is 0 Å². The molecule has 0 aliphatic heterocycles. The molecule has 3 aromatic rings. The van der Waals surface area contributed by atoms with Crippen molar-refractivity contribution in [3.63, 3.8) is 0 Å². The van der Waals surface area contributed by atoms with Crippen LogP contribution >= 0.6 is 11.6 Å². The second-order valence-corrected chi connectivity index (χ2v) is 6.34. The molecule has 7 heteroatoms. The maximum Gasteiger partial charge on any atom is 0.270 e. The summed E-state index contributed by atoms with van der Waals surface area (Å²) in [6.07, 6.45) is 0. The number of hydrogen-bond donors (Lipinski definition) is 2. The third kappa shape index (κ3) is 5.01. The van der Waals surface area contributed by atoms with Crippen LogP contribution in [-0.4, -0.2) is 15.9 Å². The van der Waals surface area contributed by atoms with Gasteiger partial charge in [-0.1, -0.05) is 48.0 Å². The molecule has 138 valence electrons. The van der Waals surface area contributed by atoms with Gasteiger partial charge < -0.3 is 10.6 Å². The van der Waals surface area contributed by atoms with E-state index in [1.807, 2.05) is 18.2 Å². The van der Waals surface area contributed by atoms with Gasteiger partial charge in [-0.3, -0.25) is 4.79 Å². The number of rotatable bonds is 6. The van der Waals surface area contributed by atoms with Gasteiger partial charge in [0.25, 0.3) is 5.91 Å². The molecule has 1 aromatic heterocycles. The summed E-state index contributed by atoms with van der Waals surface area (Å²) in [5, 5.41) is 6.34. The van der Waals surface area contributed by atoms with Crippen LogP contribution < -0.4 is 10.6 Å². The molecule has 27 heavy (non-hydrogen) atoms. The summed E-state index contributed by atoms with van der Waals surface area (Å²) < 4.78 is 13.7. The van der Waals surface area contributed by atoms with E-state index in [0.717, 1.165) is 5.56 Å². The molecule has 3 rings (SSSR count). The molecule has 1 heterocycles. The number of nitrogens with one attached hydrogen (secondary N) is 2. The summed E-state index contributed by atoms with van der Waals surface area (Å²) in [4.78, 5) is 20.9. The topological polar surface area (TPSA) is 66.9 Å². The van der Waals surface area contributed by atoms with Gasteiger partial charge in [-0.05, 0) is 30.7 Å². The molecular weight excluding hydrogens is 367 g/mol. The molecule has 2 aromatic carbocycles. The largest absolute Gasteiger partial charge is 0.350 e. The van der Waals surface area contributed by atoms with E-state index in [4.69, 9.17) is 11.6 Å². The van der Waals surface area contributed by atoms with Gasteiger partial charge in [0.2, 0.25) is 5.95 Å². The Morgan fingerprint density at radius 1 is 1.04 bits per heavy atom. The second kappa shape index (κ2) is 8.60. The number of aryl methyl sites for hydroxylation is 1. The Balaban J connectivity index is 1.68. The Hall–Kier alpha value is -2.99. The number of carbonyl (C=O) groups is 1. The lowest BCUT2D eigenvalue weighted by molar-refractivity contribution is 0.0945. The van der Waals surface area contributed by atoms with Gasteiger partial charge in [0.05, 0.1) is 0 Å². The van der Waals surface area contributed by atoms with Crippen molar-refractivity contribution in [1.82, 2.24) is 15.3 Å². The van der Waals surface area contributed by atoms with Gasteiger partial charge in [-0.2, -0.15) is 0 Å². The zero-order valence-corrected chi connectivity index (χ0v) is 15.4. The predicted octanol–water partition coefficient (Wildman–Crippen LogP) is 4.12. The first kappa shape index (κ1) is 18.8. The molecule has 5 nitrogen and oxygen atoms in total. The maximum atomic E-state index is 13.7. The lowest BCUT2D eigenvalue weighted by Crippen LogP contribution is -2.24. The van der Waals surface area contributed by atoms with Crippen LogP contribution in [0.2, 0.25) is 5.02 Å². The number of anilines is 1. The molecule has 0 saturated heterocycles. The minimum absolute atomic E-state index is 0.219. The van der Waals surface area contributed by atoms with E-state index >= 15 is 0 Å². The Labute approximate surface area is 161 Å². The molecule has 0 aliphatic rings. The standard InChI is InChI=1S/C20H18ClFN4O/c1-13-10-18(19(27)23-11-14-6-2-4-8-16(14)21)26-20(25-13)24-12-15-7-3-5-9-17(15)22/h2-10H,11-12H2,1H3,(H,23,27)(H,24,25,26). The van der Waals surface area contributed by atoms with Crippen molar-refractivity contribution < 1.29 is 9.18 Å². The molecule has 0 atom stereocenters. The van der Waals surface area contributed by atoms with Crippen LogP contribution in [0.4, 0.5) is 10.3 Å². The highest BCUT2D eigenvalue weighted by molar-refractivity contribution is 6.31. The molecule has 0 fully saturated rings. The van der Waals surface area contributed by atoms with Gasteiger partial charge in [0, 0.05) is 29.4 Å². The molecular formula is C20H18ClFN4O. The van der Waals surface area contributed by atoms with Crippen molar-refractivity contribution in [1.29, 1.82) is 0 Å². The van der Waals surface area contributed by atoms with Crippen LogP contribution in [0, 0.1) is 12.7 Å². The first-order chi connectivity index (χ1) is 13.0. The van der Waals surface area contributed by atoms with Crippen molar-refractivity contribution in [2.45, 2.75) is 20.0 Å². The van der Waals surface area contributed by atoms with Gasteiger partial charge in [-0.15, -0.1) is 0 Å². The predicted molar refractivity (Wildman–Crippen MR) is 103 cm³/mol. The molecule has 0 radical (unpaired) electrons. The van der Waals surface area contributed by atoms with Crippen molar-refractivity contribution in [3.8, 4) is 0 Å². The number of halogens is 2. The maximum absolute atomic E-state index is 13.7. The Morgan fingerprint density at radius 2 is 1.74 bits per heavy atom. The SMILES string of the molecule is Cc1cc(C(=O)NCc2ccccc2Cl)nc(NCc2ccccc2F)n1. The Kier molecular flexibility index (Phi) is 5.98. The lowest BCUT2D eigenvalue weighted by atomic mass is 10.2. The number of benzene rings is 2. The molecule has 0 unspecified atom stereocenters. The normalized spacial score (nSPS) is 10.5. The van der Waals surface area contributed by atoms with E-state index in [2.05, 4.69) is 20.6 Å². The molecule has 2 N–H and O–H groups in total. The number of amides is 1. The van der Waals surface area contributed by atoms with Crippen LogP contribution in [0.1, 0.15) is 27.3 Å². The second-order valence-electron chi connectivity index (χ2n) is 5.94. The van der Waals surface area contributed by atoms with E-state index in [9.17, 15) is 9.18 Å². The molecule has 0 bridgehead atoms. The fourth-order valence-electron chi connectivity index (χ4n) is 2.49. The fraction of sp³-hybridized carbons (Fsp3) is 0.150. The summed E-state index contributed by atoms with van der Waals surface area (Å²) in [6, 6.07) is 15.3. The monoisotopic (exact) mass is 384 g/mol. The lowest BCUT2D eigenvalue weighted by Gasteiger charge is -2.10. The van der Waals surface area contributed by atoms with Crippen LogP contribution in [-0.2, 0) is 13.1 Å². The van der Waals surface area contributed by atoms with Gasteiger partial charge >= 0.3 is 0 Å². The Morgan fingerprint density at radius 3 is 2.48 bits per heavy atom. The Bertz CT molecular complexity index is 964. The summed E-state index contributed by atoms with van der Waals surface area (Å²) in [5.74, 6) is -0.383. The van der Waals surface area contributed by atoms with Crippen LogP contribution in [0.15, 0.2) is 54.6 Å². The number of aromatic nitrogens is 2. The van der Waals surface area contributed by atoms with E-state index in [0.29, 0.717) is 22.8 Å². The van der Waals surface area contributed by atoms with E-state index in [1.54, 1.807) is 37.3 Å². The molecule has 0 saturated carbocycles. The highest BCUT2D eigenvalue weighted by Gasteiger charge is 2.11. The quantitative estimate of drug-likeness (QED) is 0.671. The van der Waals surface area contributed by atoms with Crippen molar-refractivity contribution >= 4 is 23.5 Å². The minimum atomic E-state index is -0.339. The highest BCUT2D eigenvalue weighted by Crippen LogP contribution is 2.15. The van der Waals surface area contributed by atoms with E-state index < -0.39 is 0 Å². The molecule has 1 amide bonds. The first-order valence-corrected chi connectivity index (χ1v) is 8.75. The summed E-state index contributed by atoms with van der Waals surface area (Å²) in [5.41, 5.74) is 2.16. The van der Waals surface area contributed by atoms with Crippen molar-refractivity contribution in [3.05, 3.63) is 88.0 Å². The zero-order valence-electron chi connectivity index (χ0n) is 14.7. The molecule has 0 spiro atoms. The highest BCUT2D eigenvalue weighted by atomic mass is 35.5. The minimum Gasteiger partial charge on any atom is -0.350 e. The smallest absolute Gasteiger partial charge is 0.270 e. The van der Waals surface area contributed by atoms with Crippen LogP contribution in [0.25, 0.3) is 0 Å². The zero-order chi connectivity index (χ0) is 19.2. The van der Waals surface area contributed by atoms with E-state index in [-0.39, 0.29) is 29.9 Å². The summed E-state index contributed by atoms with van der Waals surface area (Å²) in [7, 11) is 0. The van der Waals surface area contributed by atoms with Gasteiger partial charge in [0.1, 0.15) is 11.5 Å².